The Morgan fingerprint density at radius 2 is 1.86 bits per heavy atom. The molecule has 0 fully saturated rings. The Kier molecular flexibility index (Phi) is 4.16. The maximum atomic E-state index is 11.7. The molecule has 0 saturated carbocycles. The third-order valence-corrected chi connectivity index (χ3v) is 3.27. The molecule has 116 valence electrons. The van der Waals surface area contributed by atoms with Crippen molar-refractivity contribution in [2.24, 2.45) is 5.73 Å². The van der Waals surface area contributed by atoms with Crippen LogP contribution in [0, 0.1) is 0 Å². The highest BCUT2D eigenvalue weighted by atomic mass is 16.4. The molecule has 0 aliphatic heterocycles. The van der Waals surface area contributed by atoms with Crippen molar-refractivity contribution in [1.82, 2.24) is 9.78 Å². The highest BCUT2D eigenvalue weighted by Crippen LogP contribution is 2.29. The molecular weight excluding hydrogens is 284 g/mol. The zero-order valence-corrected chi connectivity index (χ0v) is 12.4. The Balaban J connectivity index is 2.50. The molecule has 0 unspecified atom stereocenters. The first-order valence-electron chi connectivity index (χ1n) is 6.80. The number of aliphatic carboxylic acids is 1. The number of nitrogens with two attached hydrogens (primary N) is 2. The minimum atomic E-state index is -0.904. The molecule has 5 N–H and O–H groups in total. The first-order chi connectivity index (χ1) is 10.3. The Labute approximate surface area is 127 Å². The summed E-state index contributed by atoms with van der Waals surface area (Å²) in [7, 11) is 0. The van der Waals surface area contributed by atoms with E-state index in [1.807, 2.05) is 13.8 Å². The SMILES string of the molecule is CC(C)n1nc(-c2ccc(CC(=O)O)cc2)c(C(N)=O)c1N. The van der Waals surface area contributed by atoms with Crippen LogP contribution in [0.2, 0.25) is 0 Å². The van der Waals surface area contributed by atoms with Gasteiger partial charge in [-0.3, -0.25) is 9.59 Å². The molecule has 0 radical (unpaired) electrons. The number of hydrogen-bond acceptors (Lipinski definition) is 4. The van der Waals surface area contributed by atoms with Gasteiger partial charge in [-0.15, -0.1) is 0 Å². The lowest BCUT2D eigenvalue weighted by molar-refractivity contribution is -0.136. The number of nitrogens with zero attached hydrogens (tertiary/aromatic N) is 2. The Bertz CT molecular complexity index is 717. The minimum Gasteiger partial charge on any atom is -0.481 e. The Morgan fingerprint density at radius 3 is 2.32 bits per heavy atom. The summed E-state index contributed by atoms with van der Waals surface area (Å²) in [5.41, 5.74) is 13.3. The third-order valence-electron chi connectivity index (χ3n) is 3.27. The molecule has 0 saturated heterocycles. The highest BCUT2D eigenvalue weighted by Gasteiger charge is 2.22. The van der Waals surface area contributed by atoms with Crippen molar-refractivity contribution in [2.45, 2.75) is 26.3 Å². The van der Waals surface area contributed by atoms with Gasteiger partial charge in [-0.05, 0) is 19.4 Å². The maximum absolute atomic E-state index is 11.7. The van der Waals surface area contributed by atoms with Crippen LogP contribution in [0.3, 0.4) is 0 Å². The first kappa shape index (κ1) is 15.6. The lowest BCUT2D eigenvalue weighted by Crippen LogP contribution is -2.15. The van der Waals surface area contributed by atoms with Crippen LogP contribution < -0.4 is 11.5 Å². The van der Waals surface area contributed by atoms with E-state index in [-0.39, 0.29) is 23.8 Å². The van der Waals surface area contributed by atoms with E-state index in [0.29, 0.717) is 16.8 Å². The molecule has 1 amide bonds. The van der Waals surface area contributed by atoms with Crippen LogP contribution in [0.1, 0.15) is 35.8 Å². The van der Waals surface area contributed by atoms with Crippen LogP contribution in [0.4, 0.5) is 5.82 Å². The van der Waals surface area contributed by atoms with Gasteiger partial charge in [0.15, 0.2) is 0 Å². The molecule has 22 heavy (non-hydrogen) atoms. The summed E-state index contributed by atoms with van der Waals surface area (Å²) < 4.78 is 1.54. The summed E-state index contributed by atoms with van der Waals surface area (Å²) in [6.07, 6.45) is -0.0640. The van der Waals surface area contributed by atoms with Gasteiger partial charge in [-0.2, -0.15) is 5.10 Å². The monoisotopic (exact) mass is 302 g/mol. The topological polar surface area (TPSA) is 124 Å². The van der Waals surface area contributed by atoms with Gasteiger partial charge in [0.25, 0.3) is 5.91 Å². The number of carbonyl (C=O) groups excluding carboxylic acids is 1. The maximum Gasteiger partial charge on any atom is 0.307 e. The molecule has 1 heterocycles. The van der Waals surface area contributed by atoms with Crippen molar-refractivity contribution in [2.75, 3.05) is 5.73 Å². The molecule has 0 atom stereocenters. The second kappa shape index (κ2) is 5.88. The van der Waals surface area contributed by atoms with Crippen LogP contribution in [0.25, 0.3) is 11.3 Å². The molecule has 2 rings (SSSR count). The lowest BCUT2D eigenvalue weighted by Gasteiger charge is -2.06. The number of amides is 1. The van der Waals surface area contributed by atoms with Gasteiger partial charge in [-0.25, -0.2) is 4.68 Å². The fourth-order valence-electron chi connectivity index (χ4n) is 2.24. The predicted molar refractivity (Wildman–Crippen MR) is 82.3 cm³/mol. The van der Waals surface area contributed by atoms with E-state index in [4.69, 9.17) is 16.6 Å². The third kappa shape index (κ3) is 2.93. The molecule has 0 aliphatic rings. The fourth-order valence-corrected chi connectivity index (χ4v) is 2.24. The van der Waals surface area contributed by atoms with Crippen molar-refractivity contribution in [3.8, 4) is 11.3 Å². The predicted octanol–water partition coefficient (Wildman–Crippen LogP) is 1.44. The summed E-state index contributed by atoms with van der Waals surface area (Å²) in [5.74, 6) is -1.32. The number of carbonyl (C=O) groups is 2. The molecule has 0 bridgehead atoms. The van der Waals surface area contributed by atoms with E-state index in [2.05, 4.69) is 5.10 Å². The Morgan fingerprint density at radius 1 is 1.27 bits per heavy atom. The zero-order valence-electron chi connectivity index (χ0n) is 12.4. The van der Waals surface area contributed by atoms with Gasteiger partial charge in [0.2, 0.25) is 0 Å². The van der Waals surface area contributed by atoms with E-state index < -0.39 is 11.9 Å². The summed E-state index contributed by atoms with van der Waals surface area (Å²) in [6, 6.07) is 6.75. The van der Waals surface area contributed by atoms with Gasteiger partial charge in [0.05, 0.1) is 6.42 Å². The van der Waals surface area contributed by atoms with Crippen molar-refractivity contribution < 1.29 is 14.7 Å². The van der Waals surface area contributed by atoms with Gasteiger partial charge < -0.3 is 16.6 Å². The average Bonchev–Trinajstić information content (AvgIpc) is 2.76. The standard InChI is InChI=1S/C15H18N4O3/c1-8(2)19-14(16)12(15(17)22)13(18-19)10-5-3-9(4-6-10)7-11(20)21/h3-6,8H,7,16H2,1-2H3,(H2,17,22)(H,20,21). The summed E-state index contributed by atoms with van der Waals surface area (Å²) >= 11 is 0. The number of benzene rings is 1. The van der Waals surface area contributed by atoms with Crippen LogP contribution in [0.5, 0.6) is 0 Å². The van der Waals surface area contributed by atoms with Crippen molar-refractivity contribution in [1.29, 1.82) is 0 Å². The number of aromatic nitrogens is 2. The number of anilines is 1. The van der Waals surface area contributed by atoms with Gasteiger partial charge in [0.1, 0.15) is 17.1 Å². The molecule has 1 aromatic heterocycles. The second-order valence-electron chi connectivity index (χ2n) is 5.28. The van der Waals surface area contributed by atoms with Crippen molar-refractivity contribution in [3.05, 3.63) is 35.4 Å². The lowest BCUT2D eigenvalue weighted by atomic mass is 10.0. The highest BCUT2D eigenvalue weighted by molar-refractivity contribution is 6.03. The number of hydrogen-bond donors (Lipinski definition) is 3. The van der Waals surface area contributed by atoms with E-state index in [1.165, 1.54) is 0 Å². The molecule has 7 heteroatoms. The van der Waals surface area contributed by atoms with Gasteiger partial charge >= 0.3 is 5.97 Å². The van der Waals surface area contributed by atoms with Crippen LogP contribution >= 0.6 is 0 Å². The number of nitrogen functional groups attached to an aromatic ring is 1. The summed E-state index contributed by atoms with van der Waals surface area (Å²) in [4.78, 5) is 22.4. The largest absolute Gasteiger partial charge is 0.481 e. The fraction of sp³-hybridized carbons (Fsp3) is 0.267. The molecule has 7 nitrogen and oxygen atoms in total. The first-order valence-corrected chi connectivity index (χ1v) is 6.80. The number of rotatable bonds is 5. The average molecular weight is 302 g/mol. The zero-order chi connectivity index (χ0) is 16.4. The minimum absolute atomic E-state index is 0.0156. The van der Waals surface area contributed by atoms with E-state index >= 15 is 0 Å². The van der Waals surface area contributed by atoms with E-state index in [0.717, 1.165) is 0 Å². The second-order valence-corrected chi connectivity index (χ2v) is 5.28. The smallest absolute Gasteiger partial charge is 0.307 e. The van der Waals surface area contributed by atoms with Gasteiger partial charge in [-0.1, -0.05) is 24.3 Å². The van der Waals surface area contributed by atoms with E-state index in [9.17, 15) is 9.59 Å². The number of carboxylic acid groups (broad SMARTS) is 1. The van der Waals surface area contributed by atoms with Crippen molar-refractivity contribution >= 4 is 17.7 Å². The molecule has 2 aromatic rings. The summed E-state index contributed by atoms with van der Waals surface area (Å²) in [5, 5.41) is 13.1. The molecule has 0 aliphatic carbocycles. The van der Waals surface area contributed by atoms with Gasteiger partial charge in [0, 0.05) is 11.6 Å². The molecule has 0 spiro atoms. The molecule has 1 aromatic carbocycles. The van der Waals surface area contributed by atoms with Crippen LogP contribution in [-0.2, 0) is 11.2 Å². The summed E-state index contributed by atoms with van der Waals surface area (Å²) in [6.45, 7) is 3.79. The van der Waals surface area contributed by atoms with E-state index in [1.54, 1.807) is 28.9 Å². The number of primary amides is 1. The van der Waals surface area contributed by atoms with Crippen LogP contribution in [0.15, 0.2) is 24.3 Å². The Hall–Kier alpha value is -2.83. The normalized spacial score (nSPS) is 10.9. The van der Waals surface area contributed by atoms with Crippen LogP contribution in [-0.4, -0.2) is 26.8 Å². The van der Waals surface area contributed by atoms with Crippen molar-refractivity contribution in [3.63, 3.8) is 0 Å². The quantitative estimate of drug-likeness (QED) is 0.770. The molecular formula is C15H18N4O3. The number of carboxylic acids is 1.